The van der Waals surface area contributed by atoms with E-state index in [2.05, 4.69) is 20.4 Å². The standard InChI is InChI=1S/C19H21N3O4/c1-12(2)11-21-18(24)16-10-14(8-9-20-16)17(23)22-15-6-4-13(5-7-15)19(25)26-3/h4-10,12H,11H2,1-3H3,(H,21,24)(H,22,23). The van der Waals surface area contributed by atoms with E-state index in [9.17, 15) is 14.4 Å². The van der Waals surface area contributed by atoms with E-state index in [-0.39, 0.29) is 17.5 Å². The number of rotatable bonds is 6. The van der Waals surface area contributed by atoms with Gasteiger partial charge in [-0.25, -0.2) is 4.79 Å². The largest absolute Gasteiger partial charge is 0.465 e. The third-order valence-electron chi connectivity index (χ3n) is 3.49. The Morgan fingerprint density at radius 1 is 1.04 bits per heavy atom. The molecule has 0 radical (unpaired) electrons. The Hall–Kier alpha value is -3.22. The van der Waals surface area contributed by atoms with Gasteiger partial charge in [0.05, 0.1) is 12.7 Å². The molecule has 2 N–H and O–H groups in total. The minimum atomic E-state index is -0.450. The fourth-order valence-corrected chi connectivity index (χ4v) is 2.09. The van der Waals surface area contributed by atoms with Crippen LogP contribution in [0.1, 0.15) is 45.1 Å². The lowest BCUT2D eigenvalue weighted by Crippen LogP contribution is -2.28. The minimum Gasteiger partial charge on any atom is -0.465 e. The van der Waals surface area contributed by atoms with Gasteiger partial charge in [-0.05, 0) is 42.3 Å². The van der Waals surface area contributed by atoms with Gasteiger partial charge in [-0.1, -0.05) is 13.8 Å². The number of carbonyl (C=O) groups is 3. The van der Waals surface area contributed by atoms with Crippen LogP contribution in [0.25, 0.3) is 0 Å². The quantitative estimate of drug-likeness (QED) is 0.776. The van der Waals surface area contributed by atoms with E-state index in [1.54, 1.807) is 24.3 Å². The average molecular weight is 355 g/mol. The number of carbonyl (C=O) groups excluding carboxylic acids is 3. The molecule has 7 nitrogen and oxygen atoms in total. The molecule has 0 fully saturated rings. The minimum absolute atomic E-state index is 0.180. The number of amides is 2. The third-order valence-corrected chi connectivity index (χ3v) is 3.49. The zero-order valence-electron chi connectivity index (χ0n) is 14.9. The molecule has 0 aliphatic heterocycles. The first-order chi connectivity index (χ1) is 12.4. The second-order valence-electron chi connectivity index (χ2n) is 6.06. The summed E-state index contributed by atoms with van der Waals surface area (Å²) >= 11 is 0. The summed E-state index contributed by atoms with van der Waals surface area (Å²) in [5.74, 6) is -0.834. The topological polar surface area (TPSA) is 97.4 Å². The Kier molecular flexibility index (Phi) is 6.43. The molecule has 136 valence electrons. The number of benzene rings is 1. The molecule has 2 amide bonds. The maximum atomic E-state index is 12.4. The molecule has 1 aromatic carbocycles. The lowest BCUT2D eigenvalue weighted by molar-refractivity contribution is 0.0600. The Morgan fingerprint density at radius 3 is 2.35 bits per heavy atom. The summed E-state index contributed by atoms with van der Waals surface area (Å²) in [5.41, 5.74) is 1.40. The third kappa shape index (κ3) is 5.14. The van der Waals surface area contributed by atoms with Gasteiger partial charge >= 0.3 is 5.97 Å². The molecule has 7 heteroatoms. The molecule has 0 saturated carbocycles. The monoisotopic (exact) mass is 355 g/mol. The van der Waals surface area contributed by atoms with Crippen LogP contribution in [0.4, 0.5) is 5.69 Å². The molecule has 2 rings (SSSR count). The number of esters is 1. The zero-order chi connectivity index (χ0) is 19.1. The summed E-state index contributed by atoms with van der Waals surface area (Å²) in [6, 6.07) is 9.27. The molecule has 1 aromatic heterocycles. The molecule has 26 heavy (non-hydrogen) atoms. The van der Waals surface area contributed by atoms with Crippen molar-refractivity contribution in [1.29, 1.82) is 0 Å². The highest BCUT2D eigenvalue weighted by Gasteiger charge is 2.13. The normalized spacial score (nSPS) is 10.3. The first kappa shape index (κ1) is 19.1. The van der Waals surface area contributed by atoms with Gasteiger partial charge in [0.25, 0.3) is 11.8 Å². The van der Waals surface area contributed by atoms with Crippen molar-refractivity contribution < 1.29 is 19.1 Å². The number of nitrogens with zero attached hydrogens (tertiary/aromatic N) is 1. The van der Waals surface area contributed by atoms with Crippen molar-refractivity contribution in [3.05, 3.63) is 59.4 Å². The predicted molar refractivity (Wildman–Crippen MR) is 97.1 cm³/mol. The highest BCUT2D eigenvalue weighted by atomic mass is 16.5. The van der Waals surface area contributed by atoms with E-state index in [0.29, 0.717) is 29.3 Å². The van der Waals surface area contributed by atoms with Gasteiger partial charge in [0, 0.05) is 24.0 Å². The van der Waals surface area contributed by atoms with Crippen molar-refractivity contribution in [3.63, 3.8) is 0 Å². The lowest BCUT2D eigenvalue weighted by atomic mass is 10.1. The molecular weight excluding hydrogens is 334 g/mol. The fourth-order valence-electron chi connectivity index (χ4n) is 2.09. The summed E-state index contributed by atoms with van der Waals surface area (Å²) < 4.78 is 4.63. The van der Waals surface area contributed by atoms with Crippen LogP contribution in [-0.4, -0.2) is 36.4 Å². The summed E-state index contributed by atoms with van der Waals surface area (Å²) in [7, 11) is 1.30. The van der Waals surface area contributed by atoms with Gasteiger partial charge in [-0.15, -0.1) is 0 Å². The summed E-state index contributed by atoms with van der Waals surface area (Å²) in [6.45, 7) is 4.51. The molecule has 0 saturated heterocycles. The zero-order valence-corrected chi connectivity index (χ0v) is 14.9. The van der Waals surface area contributed by atoms with E-state index in [1.165, 1.54) is 25.4 Å². The predicted octanol–water partition coefficient (Wildman–Crippen LogP) is 2.51. The number of ether oxygens (including phenoxy) is 1. The Balaban J connectivity index is 2.06. The fraction of sp³-hybridized carbons (Fsp3) is 0.263. The molecule has 2 aromatic rings. The molecule has 0 aliphatic carbocycles. The van der Waals surface area contributed by atoms with Crippen LogP contribution in [0, 0.1) is 5.92 Å². The van der Waals surface area contributed by atoms with Gasteiger partial charge in [-0.3, -0.25) is 14.6 Å². The van der Waals surface area contributed by atoms with Crippen LogP contribution < -0.4 is 10.6 Å². The number of anilines is 1. The Morgan fingerprint density at radius 2 is 1.73 bits per heavy atom. The maximum Gasteiger partial charge on any atom is 0.337 e. The van der Waals surface area contributed by atoms with Crippen LogP contribution in [-0.2, 0) is 4.74 Å². The van der Waals surface area contributed by atoms with Crippen LogP contribution in [0.3, 0.4) is 0 Å². The van der Waals surface area contributed by atoms with E-state index in [1.807, 2.05) is 13.8 Å². The van der Waals surface area contributed by atoms with Crippen molar-refractivity contribution in [2.24, 2.45) is 5.92 Å². The number of aromatic nitrogens is 1. The molecule has 0 atom stereocenters. The van der Waals surface area contributed by atoms with E-state index < -0.39 is 5.97 Å². The molecule has 0 aliphatic rings. The van der Waals surface area contributed by atoms with Gasteiger partial charge in [0.15, 0.2) is 0 Å². The second-order valence-corrected chi connectivity index (χ2v) is 6.06. The summed E-state index contributed by atoms with van der Waals surface area (Å²) in [4.78, 5) is 39.8. The van der Waals surface area contributed by atoms with Crippen LogP contribution in [0.2, 0.25) is 0 Å². The van der Waals surface area contributed by atoms with Crippen molar-refractivity contribution in [2.75, 3.05) is 19.0 Å². The lowest BCUT2D eigenvalue weighted by Gasteiger charge is -2.09. The van der Waals surface area contributed by atoms with Crippen molar-refractivity contribution in [1.82, 2.24) is 10.3 Å². The highest BCUT2D eigenvalue weighted by molar-refractivity contribution is 6.05. The highest BCUT2D eigenvalue weighted by Crippen LogP contribution is 2.12. The SMILES string of the molecule is COC(=O)c1ccc(NC(=O)c2ccnc(C(=O)NCC(C)C)c2)cc1. The van der Waals surface area contributed by atoms with Gasteiger partial charge in [-0.2, -0.15) is 0 Å². The summed E-state index contributed by atoms with van der Waals surface area (Å²) in [6.07, 6.45) is 1.42. The molecular formula is C19H21N3O4. The van der Waals surface area contributed by atoms with Crippen molar-refractivity contribution in [2.45, 2.75) is 13.8 Å². The number of nitrogens with one attached hydrogen (secondary N) is 2. The molecule has 1 heterocycles. The van der Waals surface area contributed by atoms with Crippen LogP contribution in [0.5, 0.6) is 0 Å². The number of pyridine rings is 1. The first-order valence-corrected chi connectivity index (χ1v) is 8.14. The maximum absolute atomic E-state index is 12.4. The van der Waals surface area contributed by atoms with Gasteiger partial charge in [0.1, 0.15) is 5.69 Å². The van der Waals surface area contributed by atoms with E-state index in [0.717, 1.165) is 0 Å². The van der Waals surface area contributed by atoms with Gasteiger partial charge < -0.3 is 15.4 Å². The Bertz CT molecular complexity index is 801. The van der Waals surface area contributed by atoms with Crippen LogP contribution >= 0.6 is 0 Å². The molecule has 0 unspecified atom stereocenters. The molecule has 0 spiro atoms. The smallest absolute Gasteiger partial charge is 0.337 e. The van der Waals surface area contributed by atoms with Crippen molar-refractivity contribution in [3.8, 4) is 0 Å². The second kappa shape index (κ2) is 8.75. The van der Waals surface area contributed by atoms with E-state index >= 15 is 0 Å². The average Bonchev–Trinajstić information content (AvgIpc) is 2.66. The van der Waals surface area contributed by atoms with Crippen molar-refractivity contribution >= 4 is 23.5 Å². The number of methoxy groups -OCH3 is 1. The van der Waals surface area contributed by atoms with Crippen LogP contribution in [0.15, 0.2) is 42.6 Å². The Labute approximate surface area is 151 Å². The van der Waals surface area contributed by atoms with Gasteiger partial charge in [0.2, 0.25) is 0 Å². The molecule has 0 bridgehead atoms. The number of hydrogen-bond donors (Lipinski definition) is 2. The summed E-state index contributed by atoms with van der Waals surface area (Å²) in [5, 5.41) is 5.47. The first-order valence-electron chi connectivity index (χ1n) is 8.14. The number of hydrogen-bond acceptors (Lipinski definition) is 5. The van der Waals surface area contributed by atoms with E-state index in [4.69, 9.17) is 0 Å².